The normalized spacial score (nSPS) is 21.3. The number of aryl methyl sites for hydroxylation is 1. The van der Waals surface area contributed by atoms with E-state index < -0.39 is 0 Å². The Hall–Kier alpha value is -0.212. The molecule has 112 valence electrons. The van der Waals surface area contributed by atoms with Crippen LogP contribution in [-0.2, 0) is 26.4 Å². The zero-order valence-corrected chi connectivity index (χ0v) is 14.1. The molecule has 2 saturated carbocycles. The summed E-state index contributed by atoms with van der Waals surface area (Å²) in [6, 6.07) is 0.546. The van der Waals surface area contributed by atoms with E-state index in [1.165, 1.54) is 63.6 Å². The van der Waals surface area contributed by atoms with Crippen molar-refractivity contribution in [2.75, 3.05) is 0 Å². The van der Waals surface area contributed by atoms with Crippen LogP contribution < -0.4 is 5.73 Å². The summed E-state index contributed by atoms with van der Waals surface area (Å²) in [5, 5.41) is 3.31. The van der Waals surface area contributed by atoms with Crippen LogP contribution in [0.25, 0.3) is 0 Å². The molecule has 0 aliphatic heterocycles. The first-order valence-electron chi connectivity index (χ1n) is 7.50. The van der Waals surface area contributed by atoms with Crippen molar-refractivity contribution < 1.29 is 19.4 Å². The molecule has 4 nitrogen and oxygen atoms in total. The molecule has 0 saturated heterocycles. The van der Waals surface area contributed by atoms with Crippen LogP contribution in [0.5, 0.6) is 0 Å². The maximum absolute atomic E-state index is 5.53. The topological polar surface area (TPSA) is 59.6 Å². The molecule has 0 amide bonds. The van der Waals surface area contributed by atoms with Crippen LogP contribution in [0.1, 0.15) is 69.5 Å². The van der Waals surface area contributed by atoms with E-state index in [1.807, 2.05) is 11.7 Å². The molecular formula is C14H26N4Pt. The van der Waals surface area contributed by atoms with E-state index in [4.69, 9.17) is 5.73 Å². The van der Waals surface area contributed by atoms with E-state index in [2.05, 4.69) is 29.4 Å². The van der Waals surface area contributed by atoms with Crippen LogP contribution in [0.2, 0.25) is 0 Å². The minimum absolute atomic E-state index is 0.546. The van der Waals surface area contributed by atoms with Crippen LogP contribution in [-0.4, -0.2) is 20.8 Å². The Kier molecular flexibility index (Phi) is 6.02. The van der Waals surface area contributed by atoms with Crippen LogP contribution in [0.15, 0.2) is 0 Å². The van der Waals surface area contributed by atoms with Crippen molar-refractivity contribution in [1.29, 1.82) is 0 Å². The molecule has 2 fully saturated rings. The van der Waals surface area contributed by atoms with Crippen molar-refractivity contribution >= 4 is 0 Å². The van der Waals surface area contributed by atoms with Gasteiger partial charge in [-0.1, -0.05) is 12.8 Å². The number of H-pyrrole nitrogens is 1. The Morgan fingerprint density at radius 1 is 1.11 bits per heavy atom. The smallest absolute Gasteiger partial charge is 0.00388 e. The number of nitrogens with two attached hydrogens (primary N) is 1. The maximum Gasteiger partial charge on any atom is 0.00388 e. The third-order valence-corrected chi connectivity index (χ3v) is 5.15. The third kappa shape index (κ3) is 4.68. The largest absolute Gasteiger partial charge is 0.328 e. The fourth-order valence-corrected chi connectivity index (χ4v) is 3.32. The van der Waals surface area contributed by atoms with Crippen LogP contribution in [0.4, 0.5) is 0 Å². The summed E-state index contributed by atoms with van der Waals surface area (Å²) in [6.07, 6.45) is 12.0. The molecule has 1 heterocycles. The monoisotopic (exact) mass is 445 g/mol. The summed E-state index contributed by atoms with van der Waals surface area (Å²) in [6.45, 7) is 0. The number of hydrogen-bond donors (Lipinski definition) is 2. The average Bonchev–Trinajstić information content (AvgIpc) is 3.02. The van der Waals surface area contributed by atoms with E-state index in [-0.39, 0.29) is 0 Å². The van der Waals surface area contributed by atoms with Gasteiger partial charge >= 0.3 is 88.8 Å². The Bertz CT molecular complexity index is 425. The molecule has 2 aliphatic carbocycles. The SMILES string of the molecule is Cn1[nH]c(C2CCCCC2)n[c]1=[Pt].NC1CCCC1. The number of rotatable bonds is 1. The molecular weight excluding hydrogens is 419 g/mol. The second-order valence-corrected chi connectivity index (χ2v) is 6.80. The summed E-state index contributed by atoms with van der Waals surface area (Å²) >= 11 is 2.25. The standard InChI is InChI=1S/C9H15N3.C5H11N.Pt/c1-12-7-10-9(11-12)8-5-3-2-4-6-8;6-5-3-1-2-4-5;/h8H,2-6H2,1H3,(H,10,11);5H,1-4,6H2;. The van der Waals surface area contributed by atoms with Gasteiger partial charge in [0.1, 0.15) is 0 Å². The molecule has 0 bridgehead atoms. The predicted molar refractivity (Wildman–Crippen MR) is 73.1 cm³/mol. The van der Waals surface area contributed by atoms with Crippen molar-refractivity contribution in [2.24, 2.45) is 12.8 Å². The van der Waals surface area contributed by atoms with Gasteiger partial charge in [0.2, 0.25) is 0 Å². The van der Waals surface area contributed by atoms with Crippen molar-refractivity contribution in [2.45, 2.75) is 69.7 Å². The molecule has 0 unspecified atom stereocenters. The van der Waals surface area contributed by atoms with Crippen molar-refractivity contribution in [3.63, 3.8) is 0 Å². The van der Waals surface area contributed by atoms with Gasteiger partial charge in [0, 0.05) is 6.04 Å². The van der Waals surface area contributed by atoms with Crippen LogP contribution in [0, 0.1) is 3.80 Å². The summed E-state index contributed by atoms with van der Waals surface area (Å²) in [7, 11) is 2.02. The minimum Gasteiger partial charge on any atom is -0.328 e. The number of hydrogen-bond acceptors (Lipinski definition) is 2. The molecule has 2 aliphatic rings. The Morgan fingerprint density at radius 3 is 2.11 bits per heavy atom. The summed E-state index contributed by atoms with van der Waals surface area (Å²) in [4.78, 5) is 4.53. The molecule has 1 aromatic rings. The van der Waals surface area contributed by atoms with Gasteiger partial charge in [-0.2, -0.15) is 0 Å². The Labute approximate surface area is 126 Å². The fourth-order valence-electron chi connectivity index (χ4n) is 2.92. The minimum atomic E-state index is 0.546. The second kappa shape index (κ2) is 7.54. The molecule has 1 aromatic heterocycles. The zero-order chi connectivity index (χ0) is 13.7. The predicted octanol–water partition coefficient (Wildman–Crippen LogP) is 2.76. The summed E-state index contributed by atoms with van der Waals surface area (Å²) in [5.74, 6) is 1.87. The molecule has 0 radical (unpaired) electrons. The van der Waals surface area contributed by atoms with Crippen LogP contribution >= 0.6 is 0 Å². The van der Waals surface area contributed by atoms with Crippen LogP contribution in [0.3, 0.4) is 0 Å². The number of aromatic amines is 1. The molecule has 19 heavy (non-hydrogen) atoms. The molecule has 5 heteroatoms. The van der Waals surface area contributed by atoms with E-state index in [0.717, 1.165) is 3.80 Å². The van der Waals surface area contributed by atoms with Gasteiger partial charge in [0.15, 0.2) is 0 Å². The first-order chi connectivity index (χ1) is 9.16. The summed E-state index contributed by atoms with van der Waals surface area (Å²) in [5.41, 5.74) is 5.53. The first kappa shape index (κ1) is 15.2. The Balaban J connectivity index is 0.000000186. The second-order valence-electron chi connectivity index (χ2n) is 5.79. The summed E-state index contributed by atoms with van der Waals surface area (Å²) < 4.78 is 3.05. The molecule has 0 spiro atoms. The van der Waals surface area contributed by atoms with Gasteiger partial charge in [0.05, 0.1) is 0 Å². The van der Waals surface area contributed by atoms with Gasteiger partial charge in [-0.05, 0) is 12.8 Å². The van der Waals surface area contributed by atoms with Gasteiger partial charge in [-0.15, -0.1) is 0 Å². The number of nitrogens with one attached hydrogen (secondary N) is 1. The van der Waals surface area contributed by atoms with Gasteiger partial charge < -0.3 is 5.73 Å². The third-order valence-electron chi connectivity index (χ3n) is 4.14. The molecule has 0 atom stereocenters. The van der Waals surface area contributed by atoms with Crippen molar-refractivity contribution in [3.8, 4) is 0 Å². The molecule has 3 rings (SSSR count). The maximum atomic E-state index is 5.53. The quantitative estimate of drug-likeness (QED) is 0.699. The van der Waals surface area contributed by atoms with E-state index in [9.17, 15) is 0 Å². The molecule has 3 N–H and O–H groups in total. The molecule has 0 aromatic carbocycles. The average molecular weight is 445 g/mol. The van der Waals surface area contributed by atoms with Crippen molar-refractivity contribution in [3.05, 3.63) is 9.63 Å². The van der Waals surface area contributed by atoms with E-state index in [1.54, 1.807) is 0 Å². The zero-order valence-electron chi connectivity index (χ0n) is 11.8. The van der Waals surface area contributed by atoms with Gasteiger partial charge in [-0.25, -0.2) is 0 Å². The number of nitrogens with zero attached hydrogens (tertiary/aromatic N) is 2. The first-order valence-corrected chi connectivity index (χ1v) is 8.64. The van der Waals surface area contributed by atoms with E-state index >= 15 is 0 Å². The van der Waals surface area contributed by atoms with Crippen molar-refractivity contribution in [1.82, 2.24) is 14.8 Å². The van der Waals surface area contributed by atoms with E-state index in [0.29, 0.717) is 12.0 Å². The fraction of sp³-hybridized carbons (Fsp3) is 0.857. The number of aromatic nitrogens is 3. The van der Waals surface area contributed by atoms with Gasteiger partial charge in [-0.3, -0.25) is 0 Å². The Morgan fingerprint density at radius 2 is 1.68 bits per heavy atom. The van der Waals surface area contributed by atoms with Gasteiger partial charge in [0.25, 0.3) is 0 Å².